The predicted octanol–water partition coefficient (Wildman–Crippen LogP) is 3.21. The summed E-state index contributed by atoms with van der Waals surface area (Å²) in [5.74, 6) is 0. The van der Waals surface area contributed by atoms with Crippen molar-refractivity contribution in [2.24, 2.45) is 0 Å². The number of rotatable bonds is 0. The first-order valence-corrected chi connectivity index (χ1v) is 4.93. The highest BCUT2D eigenvalue weighted by molar-refractivity contribution is 8.93. The Kier molecular flexibility index (Phi) is 4.08. The Bertz CT molecular complexity index is 188. The van der Waals surface area contributed by atoms with Crippen LogP contribution in [0.1, 0.15) is 41.5 Å². The molecule has 0 spiro atoms. The van der Waals surface area contributed by atoms with Crippen LogP contribution in [0, 0.1) is 0 Å². The van der Waals surface area contributed by atoms with E-state index in [-0.39, 0.29) is 28.1 Å². The molecule has 0 saturated heterocycles. The summed E-state index contributed by atoms with van der Waals surface area (Å²) in [6, 6.07) is 0. The molecule has 0 saturated carbocycles. The molecule has 0 aliphatic carbocycles. The van der Waals surface area contributed by atoms with Crippen LogP contribution < -0.4 is 0 Å². The van der Waals surface area contributed by atoms with Crippen LogP contribution in [0.4, 0.5) is 0 Å². The molecule has 84 valence electrons. The van der Waals surface area contributed by atoms with Crippen molar-refractivity contribution in [2.75, 3.05) is 6.67 Å². The van der Waals surface area contributed by atoms with E-state index in [1.807, 2.05) is 0 Å². The molecular formula is C11H23BrN2. The zero-order chi connectivity index (χ0) is 10.3. The molecule has 0 aromatic carbocycles. The molecule has 3 heteroatoms. The molecule has 0 atom stereocenters. The lowest BCUT2D eigenvalue weighted by Gasteiger charge is -2.38. The van der Waals surface area contributed by atoms with E-state index in [9.17, 15) is 0 Å². The summed E-state index contributed by atoms with van der Waals surface area (Å²) in [6.45, 7) is 14.4. The number of halogens is 1. The Morgan fingerprint density at radius 2 is 1.07 bits per heavy atom. The average Bonchev–Trinajstić information content (AvgIpc) is 2.28. The Hall–Kier alpha value is -0.180. The summed E-state index contributed by atoms with van der Waals surface area (Å²) in [5, 5.41) is 0. The lowest BCUT2D eigenvalue weighted by atomic mass is 10.1. The largest absolute Gasteiger partial charge is 0.354 e. The maximum atomic E-state index is 2.36. The van der Waals surface area contributed by atoms with Crippen LogP contribution >= 0.6 is 17.0 Å². The normalized spacial score (nSPS) is 17.3. The molecular weight excluding hydrogens is 240 g/mol. The predicted molar refractivity (Wildman–Crippen MR) is 67.5 cm³/mol. The fourth-order valence-electron chi connectivity index (χ4n) is 1.29. The van der Waals surface area contributed by atoms with Crippen LogP contribution in [0.5, 0.6) is 0 Å². The Morgan fingerprint density at radius 1 is 0.786 bits per heavy atom. The van der Waals surface area contributed by atoms with Gasteiger partial charge in [0.15, 0.2) is 0 Å². The summed E-state index contributed by atoms with van der Waals surface area (Å²) in [7, 11) is 0. The minimum Gasteiger partial charge on any atom is -0.354 e. The second-order valence-corrected chi connectivity index (χ2v) is 5.72. The van der Waals surface area contributed by atoms with Crippen LogP contribution in [0.25, 0.3) is 0 Å². The molecule has 1 aliphatic heterocycles. The second-order valence-electron chi connectivity index (χ2n) is 5.72. The lowest BCUT2D eigenvalue weighted by molar-refractivity contribution is 0.110. The second kappa shape index (κ2) is 4.13. The van der Waals surface area contributed by atoms with E-state index in [0.717, 1.165) is 6.67 Å². The fourth-order valence-corrected chi connectivity index (χ4v) is 1.29. The molecule has 0 fully saturated rings. The van der Waals surface area contributed by atoms with Crippen molar-refractivity contribution in [3.63, 3.8) is 0 Å². The molecule has 1 aliphatic rings. The van der Waals surface area contributed by atoms with E-state index in [1.165, 1.54) is 0 Å². The first-order chi connectivity index (χ1) is 5.71. The van der Waals surface area contributed by atoms with Gasteiger partial charge >= 0.3 is 0 Å². The van der Waals surface area contributed by atoms with E-state index in [0.29, 0.717) is 0 Å². The number of hydrogen-bond donors (Lipinski definition) is 0. The van der Waals surface area contributed by atoms with Crippen LogP contribution in [0.3, 0.4) is 0 Å². The van der Waals surface area contributed by atoms with Gasteiger partial charge < -0.3 is 9.80 Å². The summed E-state index contributed by atoms with van der Waals surface area (Å²) >= 11 is 0. The number of nitrogens with zero attached hydrogens (tertiary/aromatic N) is 2. The molecule has 0 unspecified atom stereocenters. The van der Waals surface area contributed by atoms with Crippen molar-refractivity contribution in [1.82, 2.24) is 9.80 Å². The SMILES string of the molecule is Br.CC(C)(C)N1C=CN(C(C)(C)C)C1. The summed E-state index contributed by atoms with van der Waals surface area (Å²) < 4.78 is 0. The maximum Gasteiger partial charge on any atom is 0.0903 e. The standard InChI is InChI=1S/C11H22N2.BrH/c1-10(2,3)12-7-8-13(9-12)11(4,5)6;/h7-8H,9H2,1-6H3;1H. The van der Waals surface area contributed by atoms with Gasteiger partial charge in [0, 0.05) is 23.5 Å². The van der Waals surface area contributed by atoms with Crippen molar-refractivity contribution in [3.05, 3.63) is 12.4 Å². The molecule has 14 heavy (non-hydrogen) atoms. The topological polar surface area (TPSA) is 6.48 Å². The van der Waals surface area contributed by atoms with Gasteiger partial charge in [0.05, 0.1) is 6.67 Å². The molecule has 0 radical (unpaired) electrons. The van der Waals surface area contributed by atoms with Gasteiger partial charge in [0.2, 0.25) is 0 Å². The zero-order valence-corrected chi connectivity index (χ0v) is 11.9. The molecule has 1 rings (SSSR count). The summed E-state index contributed by atoms with van der Waals surface area (Å²) in [4.78, 5) is 4.72. The Balaban J connectivity index is 0.00000169. The van der Waals surface area contributed by atoms with Crippen molar-refractivity contribution >= 4 is 17.0 Å². The minimum atomic E-state index is 0. The Morgan fingerprint density at radius 3 is 1.21 bits per heavy atom. The van der Waals surface area contributed by atoms with Gasteiger partial charge in [-0.1, -0.05) is 0 Å². The number of hydrogen-bond acceptors (Lipinski definition) is 2. The smallest absolute Gasteiger partial charge is 0.0903 e. The fraction of sp³-hybridized carbons (Fsp3) is 0.818. The van der Waals surface area contributed by atoms with Crippen LogP contribution in [-0.4, -0.2) is 27.5 Å². The van der Waals surface area contributed by atoms with E-state index in [1.54, 1.807) is 0 Å². The zero-order valence-electron chi connectivity index (χ0n) is 10.2. The highest BCUT2D eigenvalue weighted by atomic mass is 79.9. The van der Waals surface area contributed by atoms with Gasteiger partial charge in [-0.2, -0.15) is 0 Å². The van der Waals surface area contributed by atoms with E-state index < -0.39 is 0 Å². The van der Waals surface area contributed by atoms with Gasteiger partial charge in [-0.25, -0.2) is 0 Å². The van der Waals surface area contributed by atoms with Gasteiger partial charge in [-0.3, -0.25) is 0 Å². The van der Waals surface area contributed by atoms with Crippen molar-refractivity contribution in [1.29, 1.82) is 0 Å². The van der Waals surface area contributed by atoms with E-state index >= 15 is 0 Å². The third-order valence-electron chi connectivity index (χ3n) is 2.45. The molecule has 0 aromatic rings. The molecule has 0 bridgehead atoms. The summed E-state index contributed by atoms with van der Waals surface area (Å²) in [5.41, 5.74) is 0.465. The quantitative estimate of drug-likeness (QED) is 0.662. The monoisotopic (exact) mass is 262 g/mol. The molecule has 2 nitrogen and oxygen atoms in total. The third-order valence-corrected chi connectivity index (χ3v) is 2.45. The van der Waals surface area contributed by atoms with E-state index in [2.05, 4.69) is 63.7 Å². The molecule has 0 N–H and O–H groups in total. The maximum absolute atomic E-state index is 2.36. The van der Waals surface area contributed by atoms with Crippen LogP contribution in [0.2, 0.25) is 0 Å². The van der Waals surface area contributed by atoms with Crippen molar-refractivity contribution < 1.29 is 0 Å². The summed E-state index contributed by atoms with van der Waals surface area (Å²) in [6.07, 6.45) is 4.37. The van der Waals surface area contributed by atoms with Gasteiger partial charge in [0.25, 0.3) is 0 Å². The van der Waals surface area contributed by atoms with E-state index in [4.69, 9.17) is 0 Å². The lowest BCUT2D eigenvalue weighted by Crippen LogP contribution is -2.44. The average molecular weight is 263 g/mol. The van der Waals surface area contributed by atoms with Gasteiger partial charge in [0.1, 0.15) is 0 Å². The first kappa shape index (κ1) is 13.8. The Labute approximate surface area is 98.7 Å². The van der Waals surface area contributed by atoms with Crippen LogP contribution in [0.15, 0.2) is 12.4 Å². The highest BCUT2D eigenvalue weighted by Crippen LogP contribution is 2.24. The third kappa shape index (κ3) is 3.19. The van der Waals surface area contributed by atoms with Gasteiger partial charge in [-0.05, 0) is 41.5 Å². The highest BCUT2D eigenvalue weighted by Gasteiger charge is 2.28. The minimum absolute atomic E-state index is 0. The molecule has 0 aromatic heterocycles. The molecule has 1 heterocycles. The van der Waals surface area contributed by atoms with Crippen molar-refractivity contribution in [3.8, 4) is 0 Å². The van der Waals surface area contributed by atoms with Crippen LogP contribution in [-0.2, 0) is 0 Å². The first-order valence-electron chi connectivity index (χ1n) is 4.93. The van der Waals surface area contributed by atoms with Crippen molar-refractivity contribution in [2.45, 2.75) is 52.6 Å². The van der Waals surface area contributed by atoms with Gasteiger partial charge in [-0.15, -0.1) is 17.0 Å². The molecule has 0 amide bonds.